The Balaban J connectivity index is 2.44. The summed E-state index contributed by atoms with van der Waals surface area (Å²) in [6, 6.07) is 2.09. The van der Waals surface area contributed by atoms with Crippen LogP contribution >= 0.6 is 22.9 Å². The standard InChI is InChI=1S/C8H12ClNS/c1-10(2)5-3-7-4-6-11-8(7)9/h4,6H,3,5H2,1-2H3. The highest BCUT2D eigenvalue weighted by atomic mass is 35.5. The Hall–Kier alpha value is -0.0500. The fraction of sp³-hybridized carbons (Fsp3) is 0.500. The Morgan fingerprint density at radius 2 is 2.27 bits per heavy atom. The van der Waals surface area contributed by atoms with Crippen LogP contribution in [0, 0.1) is 0 Å². The second-order valence-electron chi connectivity index (χ2n) is 2.77. The summed E-state index contributed by atoms with van der Waals surface area (Å²) in [5.74, 6) is 0. The number of nitrogens with zero attached hydrogens (tertiary/aromatic N) is 1. The van der Waals surface area contributed by atoms with Gasteiger partial charge in [0.15, 0.2) is 0 Å². The van der Waals surface area contributed by atoms with Gasteiger partial charge in [-0.2, -0.15) is 0 Å². The second-order valence-corrected chi connectivity index (χ2v) is 4.29. The molecule has 0 aliphatic rings. The SMILES string of the molecule is CN(C)CCc1ccsc1Cl. The lowest BCUT2D eigenvalue weighted by Crippen LogP contribution is -2.14. The van der Waals surface area contributed by atoms with Crippen molar-refractivity contribution in [2.75, 3.05) is 20.6 Å². The lowest BCUT2D eigenvalue weighted by molar-refractivity contribution is 0.414. The summed E-state index contributed by atoms with van der Waals surface area (Å²) in [6.07, 6.45) is 1.05. The minimum absolute atomic E-state index is 0.937. The molecule has 0 atom stereocenters. The van der Waals surface area contributed by atoms with Gasteiger partial charge in [0.05, 0.1) is 4.34 Å². The smallest absolute Gasteiger partial charge is 0.0960 e. The average molecular weight is 190 g/mol. The van der Waals surface area contributed by atoms with Crippen LogP contribution in [-0.2, 0) is 6.42 Å². The van der Waals surface area contributed by atoms with E-state index in [9.17, 15) is 0 Å². The lowest BCUT2D eigenvalue weighted by Gasteiger charge is -2.07. The van der Waals surface area contributed by atoms with Crippen molar-refractivity contribution in [2.24, 2.45) is 0 Å². The predicted molar refractivity (Wildman–Crippen MR) is 51.6 cm³/mol. The summed E-state index contributed by atoms with van der Waals surface area (Å²) < 4.78 is 0.937. The number of hydrogen-bond acceptors (Lipinski definition) is 2. The molecule has 0 amide bonds. The highest BCUT2D eigenvalue weighted by molar-refractivity contribution is 7.14. The van der Waals surface area contributed by atoms with E-state index < -0.39 is 0 Å². The fourth-order valence-electron chi connectivity index (χ4n) is 0.843. The number of hydrogen-bond donors (Lipinski definition) is 0. The summed E-state index contributed by atoms with van der Waals surface area (Å²) in [6.45, 7) is 1.07. The number of halogens is 1. The molecular formula is C8H12ClNS. The molecule has 0 aromatic carbocycles. The summed E-state index contributed by atoms with van der Waals surface area (Å²) in [4.78, 5) is 2.16. The Morgan fingerprint density at radius 3 is 2.73 bits per heavy atom. The van der Waals surface area contributed by atoms with Crippen LogP contribution in [-0.4, -0.2) is 25.5 Å². The molecule has 1 heterocycles. The molecule has 0 fully saturated rings. The van der Waals surface area contributed by atoms with E-state index in [1.807, 2.05) is 5.38 Å². The molecule has 0 radical (unpaired) electrons. The van der Waals surface area contributed by atoms with Crippen molar-refractivity contribution in [2.45, 2.75) is 6.42 Å². The molecule has 1 rings (SSSR count). The van der Waals surface area contributed by atoms with Crippen LogP contribution in [0.4, 0.5) is 0 Å². The van der Waals surface area contributed by atoms with Crippen molar-refractivity contribution in [3.05, 3.63) is 21.3 Å². The quantitative estimate of drug-likeness (QED) is 0.707. The Labute approximate surface area is 76.6 Å². The van der Waals surface area contributed by atoms with E-state index in [-0.39, 0.29) is 0 Å². The Kier molecular flexibility index (Phi) is 3.37. The van der Waals surface area contributed by atoms with Gasteiger partial charge in [0.1, 0.15) is 0 Å². The molecule has 0 saturated carbocycles. The Morgan fingerprint density at radius 1 is 1.55 bits per heavy atom. The van der Waals surface area contributed by atoms with Gasteiger partial charge < -0.3 is 4.90 Å². The lowest BCUT2D eigenvalue weighted by atomic mass is 10.2. The molecule has 62 valence electrons. The molecule has 1 nitrogen and oxygen atoms in total. The summed E-state index contributed by atoms with van der Waals surface area (Å²) in [7, 11) is 4.14. The molecule has 0 aliphatic heterocycles. The van der Waals surface area contributed by atoms with E-state index in [0.717, 1.165) is 17.3 Å². The van der Waals surface area contributed by atoms with Crippen molar-refractivity contribution in [3.8, 4) is 0 Å². The molecule has 1 aromatic rings. The third-order valence-electron chi connectivity index (χ3n) is 1.52. The monoisotopic (exact) mass is 189 g/mol. The topological polar surface area (TPSA) is 3.24 Å². The minimum atomic E-state index is 0.937. The van der Waals surface area contributed by atoms with E-state index in [4.69, 9.17) is 11.6 Å². The normalized spacial score (nSPS) is 10.9. The first-order chi connectivity index (χ1) is 5.20. The molecule has 3 heteroatoms. The van der Waals surface area contributed by atoms with Gasteiger partial charge in [-0.25, -0.2) is 0 Å². The van der Waals surface area contributed by atoms with Gasteiger partial charge >= 0.3 is 0 Å². The maximum absolute atomic E-state index is 5.92. The molecule has 0 unspecified atom stereocenters. The van der Waals surface area contributed by atoms with Crippen molar-refractivity contribution in [1.29, 1.82) is 0 Å². The zero-order valence-electron chi connectivity index (χ0n) is 6.80. The van der Waals surface area contributed by atoms with Crippen molar-refractivity contribution < 1.29 is 0 Å². The molecule has 0 bridgehead atoms. The molecule has 0 aliphatic carbocycles. The summed E-state index contributed by atoms with van der Waals surface area (Å²) >= 11 is 7.53. The zero-order chi connectivity index (χ0) is 8.27. The molecule has 0 spiro atoms. The third kappa shape index (κ3) is 2.81. The van der Waals surface area contributed by atoms with E-state index in [2.05, 4.69) is 25.1 Å². The second kappa shape index (κ2) is 4.10. The highest BCUT2D eigenvalue weighted by Gasteiger charge is 2.00. The number of rotatable bonds is 3. The van der Waals surface area contributed by atoms with Gasteiger partial charge in [0.2, 0.25) is 0 Å². The summed E-state index contributed by atoms with van der Waals surface area (Å²) in [5, 5.41) is 2.04. The van der Waals surface area contributed by atoms with Gasteiger partial charge in [0, 0.05) is 6.54 Å². The van der Waals surface area contributed by atoms with E-state index in [0.29, 0.717) is 0 Å². The highest BCUT2D eigenvalue weighted by Crippen LogP contribution is 2.22. The van der Waals surface area contributed by atoms with Gasteiger partial charge in [-0.1, -0.05) is 11.6 Å². The van der Waals surface area contributed by atoms with Crippen molar-refractivity contribution >= 4 is 22.9 Å². The molecular weight excluding hydrogens is 178 g/mol. The van der Waals surface area contributed by atoms with Gasteiger partial charge in [0.25, 0.3) is 0 Å². The van der Waals surface area contributed by atoms with Gasteiger partial charge in [-0.15, -0.1) is 11.3 Å². The average Bonchev–Trinajstić information content (AvgIpc) is 2.31. The first-order valence-corrected chi connectivity index (χ1v) is 4.82. The van der Waals surface area contributed by atoms with E-state index in [1.54, 1.807) is 11.3 Å². The maximum atomic E-state index is 5.92. The molecule has 0 saturated heterocycles. The molecule has 0 N–H and O–H groups in total. The first kappa shape index (κ1) is 9.04. The van der Waals surface area contributed by atoms with Crippen LogP contribution in [0.3, 0.4) is 0 Å². The zero-order valence-corrected chi connectivity index (χ0v) is 8.37. The van der Waals surface area contributed by atoms with Crippen LogP contribution in [0.2, 0.25) is 4.34 Å². The van der Waals surface area contributed by atoms with Gasteiger partial charge in [-0.3, -0.25) is 0 Å². The minimum Gasteiger partial charge on any atom is -0.309 e. The van der Waals surface area contributed by atoms with Crippen LogP contribution < -0.4 is 0 Å². The van der Waals surface area contributed by atoms with Crippen LogP contribution in [0.1, 0.15) is 5.56 Å². The molecule has 1 aromatic heterocycles. The van der Waals surface area contributed by atoms with E-state index >= 15 is 0 Å². The Bertz CT molecular complexity index is 220. The summed E-state index contributed by atoms with van der Waals surface area (Å²) in [5.41, 5.74) is 1.27. The van der Waals surface area contributed by atoms with Crippen LogP contribution in [0.25, 0.3) is 0 Å². The fourth-order valence-corrected chi connectivity index (χ4v) is 1.83. The molecule has 11 heavy (non-hydrogen) atoms. The van der Waals surface area contributed by atoms with E-state index in [1.165, 1.54) is 5.56 Å². The maximum Gasteiger partial charge on any atom is 0.0960 e. The van der Waals surface area contributed by atoms with Crippen molar-refractivity contribution in [3.63, 3.8) is 0 Å². The van der Waals surface area contributed by atoms with Crippen LogP contribution in [0.5, 0.6) is 0 Å². The first-order valence-electron chi connectivity index (χ1n) is 3.57. The van der Waals surface area contributed by atoms with Crippen molar-refractivity contribution in [1.82, 2.24) is 4.90 Å². The third-order valence-corrected chi connectivity index (χ3v) is 2.77. The largest absolute Gasteiger partial charge is 0.309 e. The van der Waals surface area contributed by atoms with Crippen LogP contribution in [0.15, 0.2) is 11.4 Å². The van der Waals surface area contributed by atoms with Gasteiger partial charge in [-0.05, 0) is 37.5 Å². The predicted octanol–water partition coefficient (Wildman–Crippen LogP) is 2.51. The number of likely N-dealkylation sites (N-methyl/N-ethyl adjacent to an activating group) is 1. The number of thiophene rings is 1.